The largest absolute Gasteiger partial charge is 0.382 e. The van der Waals surface area contributed by atoms with Crippen LogP contribution in [0.3, 0.4) is 0 Å². The Morgan fingerprint density at radius 2 is 2.00 bits per heavy atom. The van der Waals surface area contributed by atoms with Crippen LogP contribution in [0.2, 0.25) is 5.02 Å². The Hall–Kier alpha value is -0.280. The van der Waals surface area contributed by atoms with E-state index in [1.54, 1.807) is 0 Å². The Morgan fingerprint density at radius 1 is 1.31 bits per heavy atom. The number of nitrogen functional groups attached to an aromatic ring is 1. The minimum absolute atomic E-state index is 0.507. The molecule has 1 aromatic heterocycles. The molecule has 1 aliphatic carbocycles. The Kier molecular flexibility index (Phi) is 2.74. The quantitative estimate of drug-likeness (QED) is 0.781. The van der Waals surface area contributed by atoms with Gasteiger partial charge < -0.3 is 5.73 Å². The summed E-state index contributed by atoms with van der Waals surface area (Å²) in [6.45, 7) is 0. The second-order valence-electron chi connectivity index (χ2n) is 3.58. The lowest BCUT2D eigenvalue weighted by atomic mass is 9.88. The van der Waals surface area contributed by atoms with Crippen molar-refractivity contribution in [3.63, 3.8) is 0 Å². The maximum Gasteiger partial charge on any atom is 0.156 e. The zero-order chi connectivity index (χ0) is 9.26. The summed E-state index contributed by atoms with van der Waals surface area (Å²) in [6.07, 6.45) is 6.50. The van der Waals surface area contributed by atoms with Gasteiger partial charge in [0.1, 0.15) is 0 Å². The zero-order valence-corrected chi connectivity index (χ0v) is 9.00. The topological polar surface area (TPSA) is 38.9 Å². The molecule has 0 spiro atoms. The van der Waals surface area contributed by atoms with E-state index in [0.717, 1.165) is 0 Å². The summed E-state index contributed by atoms with van der Waals surface area (Å²) >= 11 is 7.54. The van der Waals surface area contributed by atoms with Gasteiger partial charge in [0.15, 0.2) is 5.82 Å². The highest BCUT2D eigenvalue weighted by Crippen LogP contribution is 2.40. The molecule has 0 amide bonds. The summed E-state index contributed by atoms with van der Waals surface area (Å²) in [5, 5.41) is 0.705. The van der Waals surface area contributed by atoms with Gasteiger partial charge in [-0.25, -0.2) is 0 Å². The minimum atomic E-state index is 0.507. The second-order valence-corrected chi connectivity index (χ2v) is 4.76. The number of halogens is 1. The summed E-state index contributed by atoms with van der Waals surface area (Å²) in [6, 6.07) is 0. The van der Waals surface area contributed by atoms with Crippen molar-refractivity contribution < 1.29 is 0 Å². The van der Waals surface area contributed by atoms with E-state index in [1.807, 2.05) is 0 Å². The molecule has 0 unspecified atom stereocenters. The lowest BCUT2D eigenvalue weighted by Crippen LogP contribution is -2.03. The number of nitrogens with zero attached hydrogens (tertiary/aromatic N) is 1. The predicted octanol–water partition coefficient (Wildman–Crippen LogP) is 3.43. The van der Waals surface area contributed by atoms with Crippen molar-refractivity contribution in [2.75, 3.05) is 5.73 Å². The van der Waals surface area contributed by atoms with Crippen LogP contribution in [0.25, 0.3) is 0 Å². The SMILES string of the molecule is Nc1nsc(C2CCCCC2)c1Cl. The molecule has 2 rings (SSSR count). The molecule has 0 aliphatic heterocycles. The molecule has 2 nitrogen and oxygen atoms in total. The molecule has 1 aromatic rings. The van der Waals surface area contributed by atoms with Crippen molar-refractivity contribution in [1.82, 2.24) is 4.37 Å². The first-order valence-corrected chi connectivity index (χ1v) is 5.84. The van der Waals surface area contributed by atoms with Crippen LogP contribution in [-0.2, 0) is 0 Å². The Labute approximate surface area is 87.3 Å². The van der Waals surface area contributed by atoms with Crippen LogP contribution in [0.15, 0.2) is 0 Å². The lowest BCUT2D eigenvalue weighted by molar-refractivity contribution is 0.448. The van der Waals surface area contributed by atoms with Gasteiger partial charge in [-0.3, -0.25) is 0 Å². The fraction of sp³-hybridized carbons (Fsp3) is 0.667. The summed E-state index contributed by atoms with van der Waals surface area (Å²) in [7, 11) is 0. The summed E-state index contributed by atoms with van der Waals surface area (Å²) in [4.78, 5) is 1.21. The number of aromatic nitrogens is 1. The first-order chi connectivity index (χ1) is 6.29. The molecule has 1 saturated carbocycles. The van der Waals surface area contributed by atoms with Gasteiger partial charge in [-0.2, -0.15) is 4.37 Å². The van der Waals surface area contributed by atoms with Gasteiger partial charge in [-0.15, -0.1) is 0 Å². The van der Waals surface area contributed by atoms with Crippen molar-refractivity contribution >= 4 is 29.0 Å². The Bertz CT molecular complexity index is 292. The lowest BCUT2D eigenvalue weighted by Gasteiger charge is -2.19. The van der Waals surface area contributed by atoms with Gasteiger partial charge in [0.25, 0.3) is 0 Å². The third-order valence-electron chi connectivity index (χ3n) is 2.66. The van der Waals surface area contributed by atoms with E-state index >= 15 is 0 Å². The molecule has 0 bridgehead atoms. The molecular weight excluding hydrogens is 204 g/mol. The Balaban J connectivity index is 2.18. The normalized spacial score (nSPS) is 19.2. The van der Waals surface area contributed by atoms with Crippen LogP contribution in [0.5, 0.6) is 0 Å². The molecule has 0 saturated heterocycles. The molecule has 13 heavy (non-hydrogen) atoms. The number of hydrogen-bond acceptors (Lipinski definition) is 3. The average molecular weight is 217 g/mol. The standard InChI is InChI=1S/C9H13ClN2S/c10-7-8(13-12-9(7)11)6-4-2-1-3-5-6/h6H,1-5H2,(H2,11,12). The smallest absolute Gasteiger partial charge is 0.156 e. The summed E-state index contributed by atoms with van der Waals surface area (Å²) in [5.74, 6) is 1.13. The number of rotatable bonds is 1. The Morgan fingerprint density at radius 3 is 2.54 bits per heavy atom. The van der Waals surface area contributed by atoms with Crippen LogP contribution < -0.4 is 5.73 Å². The van der Waals surface area contributed by atoms with Crippen molar-refractivity contribution in [1.29, 1.82) is 0 Å². The molecule has 0 radical (unpaired) electrons. The fourth-order valence-corrected chi connectivity index (χ4v) is 3.13. The van der Waals surface area contributed by atoms with Crippen LogP contribution >= 0.6 is 23.1 Å². The van der Waals surface area contributed by atoms with E-state index in [9.17, 15) is 0 Å². The molecule has 2 N–H and O–H groups in total. The van der Waals surface area contributed by atoms with Crippen molar-refractivity contribution in [3.05, 3.63) is 9.90 Å². The van der Waals surface area contributed by atoms with E-state index in [0.29, 0.717) is 16.8 Å². The molecule has 1 aliphatic rings. The first-order valence-electron chi connectivity index (χ1n) is 4.69. The zero-order valence-electron chi connectivity index (χ0n) is 7.42. The maximum absolute atomic E-state index is 6.07. The van der Waals surface area contributed by atoms with Gasteiger partial charge >= 0.3 is 0 Å². The molecule has 72 valence electrons. The highest BCUT2D eigenvalue weighted by Gasteiger charge is 2.21. The van der Waals surface area contributed by atoms with Gasteiger partial charge in [-0.05, 0) is 30.3 Å². The van der Waals surface area contributed by atoms with Gasteiger partial charge in [0.05, 0.1) is 5.02 Å². The van der Waals surface area contributed by atoms with E-state index in [-0.39, 0.29) is 0 Å². The van der Waals surface area contributed by atoms with E-state index in [1.165, 1.54) is 48.5 Å². The van der Waals surface area contributed by atoms with Gasteiger partial charge in [0.2, 0.25) is 0 Å². The maximum atomic E-state index is 6.07. The number of anilines is 1. The predicted molar refractivity (Wildman–Crippen MR) is 57.4 cm³/mol. The van der Waals surface area contributed by atoms with Crippen LogP contribution in [0, 0.1) is 0 Å². The molecule has 0 aromatic carbocycles. The average Bonchev–Trinajstić information content (AvgIpc) is 2.49. The fourth-order valence-electron chi connectivity index (χ4n) is 1.92. The van der Waals surface area contributed by atoms with Crippen molar-refractivity contribution in [2.24, 2.45) is 0 Å². The highest BCUT2D eigenvalue weighted by molar-refractivity contribution is 7.06. The molecule has 1 fully saturated rings. The minimum Gasteiger partial charge on any atom is -0.382 e. The van der Waals surface area contributed by atoms with Gasteiger partial charge in [0, 0.05) is 4.88 Å². The second kappa shape index (κ2) is 3.84. The third kappa shape index (κ3) is 1.81. The van der Waals surface area contributed by atoms with Crippen molar-refractivity contribution in [2.45, 2.75) is 38.0 Å². The highest BCUT2D eigenvalue weighted by atomic mass is 35.5. The monoisotopic (exact) mass is 216 g/mol. The number of hydrogen-bond donors (Lipinski definition) is 1. The molecule has 0 atom stereocenters. The number of nitrogens with two attached hydrogens (primary N) is 1. The third-order valence-corrected chi connectivity index (χ3v) is 4.19. The van der Waals surface area contributed by atoms with Crippen LogP contribution in [0.4, 0.5) is 5.82 Å². The van der Waals surface area contributed by atoms with E-state index < -0.39 is 0 Å². The molecule has 1 heterocycles. The summed E-state index contributed by atoms with van der Waals surface area (Å²) < 4.78 is 4.08. The van der Waals surface area contributed by atoms with Crippen LogP contribution in [0.1, 0.15) is 42.9 Å². The molecular formula is C9H13ClN2S. The van der Waals surface area contributed by atoms with E-state index in [4.69, 9.17) is 17.3 Å². The molecule has 4 heteroatoms. The van der Waals surface area contributed by atoms with Crippen LogP contribution in [-0.4, -0.2) is 4.37 Å². The van der Waals surface area contributed by atoms with E-state index in [2.05, 4.69) is 4.37 Å². The summed E-state index contributed by atoms with van der Waals surface area (Å²) in [5.41, 5.74) is 5.61. The van der Waals surface area contributed by atoms with Crippen molar-refractivity contribution in [3.8, 4) is 0 Å². The van der Waals surface area contributed by atoms with Gasteiger partial charge in [-0.1, -0.05) is 30.9 Å². The first kappa shape index (κ1) is 9.28.